The number of nitrogens with two attached hydrogens (primary N) is 1. The van der Waals surface area contributed by atoms with Gasteiger partial charge < -0.3 is 15.8 Å². The zero-order valence-corrected chi connectivity index (χ0v) is 11.4. The third-order valence-corrected chi connectivity index (χ3v) is 2.92. The summed E-state index contributed by atoms with van der Waals surface area (Å²) in [5.74, 6) is -0.906. The van der Waals surface area contributed by atoms with Gasteiger partial charge >= 0.3 is 0 Å². The Balaban J connectivity index is 2.28. The second-order valence-electron chi connectivity index (χ2n) is 4.03. The van der Waals surface area contributed by atoms with Crippen LogP contribution in [0.15, 0.2) is 36.4 Å². The van der Waals surface area contributed by atoms with Crippen LogP contribution >= 0.6 is 12.2 Å². The molecule has 0 radical (unpaired) electrons. The van der Waals surface area contributed by atoms with Crippen LogP contribution in [0, 0.1) is 11.6 Å². The lowest BCUT2D eigenvalue weighted by Crippen LogP contribution is -2.09. The molecule has 0 saturated carbocycles. The highest BCUT2D eigenvalue weighted by Gasteiger charge is 2.08. The highest BCUT2D eigenvalue weighted by atomic mass is 32.1. The van der Waals surface area contributed by atoms with Gasteiger partial charge in [0, 0.05) is 17.3 Å². The van der Waals surface area contributed by atoms with E-state index in [2.05, 4.69) is 5.32 Å². The van der Waals surface area contributed by atoms with Crippen molar-refractivity contribution in [3.63, 3.8) is 0 Å². The van der Waals surface area contributed by atoms with E-state index < -0.39 is 11.6 Å². The van der Waals surface area contributed by atoms with E-state index in [9.17, 15) is 8.78 Å². The molecular weight excluding hydrogens is 282 g/mol. The normalized spacial score (nSPS) is 10.2. The van der Waals surface area contributed by atoms with Crippen LogP contribution in [-0.2, 0) is 0 Å². The van der Waals surface area contributed by atoms with E-state index in [1.807, 2.05) is 0 Å². The fourth-order valence-electron chi connectivity index (χ4n) is 1.66. The summed E-state index contributed by atoms with van der Waals surface area (Å²) in [4.78, 5) is 0.124. The van der Waals surface area contributed by atoms with Crippen LogP contribution in [0.25, 0.3) is 0 Å². The molecule has 3 N–H and O–H groups in total. The van der Waals surface area contributed by atoms with Crippen molar-refractivity contribution < 1.29 is 13.5 Å². The standard InChI is InChI=1S/C14H12F2N2OS/c1-19-13-7-9(3-4-10(13)15)18-12-5-2-8(14(17)20)6-11(12)16/h2-7,18H,1H3,(H2,17,20). The number of benzene rings is 2. The second-order valence-corrected chi connectivity index (χ2v) is 4.47. The Morgan fingerprint density at radius 1 is 1.15 bits per heavy atom. The van der Waals surface area contributed by atoms with Gasteiger partial charge in [0.2, 0.25) is 0 Å². The number of halogens is 2. The number of hydrogen-bond acceptors (Lipinski definition) is 3. The van der Waals surface area contributed by atoms with Gasteiger partial charge in [-0.25, -0.2) is 8.78 Å². The van der Waals surface area contributed by atoms with E-state index in [4.69, 9.17) is 22.7 Å². The molecule has 2 aromatic rings. The minimum absolute atomic E-state index is 0.0789. The Hall–Kier alpha value is -2.21. The number of hydrogen-bond donors (Lipinski definition) is 2. The summed E-state index contributed by atoms with van der Waals surface area (Å²) in [6, 6.07) is 8.52. The fourth-order valence-corrected chi connectivity index (χ4v) is 1.79. The molecule has 20 heavy (non-hydrogen) atoms. The predicted molar refractivity (Wildman–Crippen MR) is 78.5 cm³/mol. The van der Waals surface area contributed by atoms with Crippen molar-refractivity contribution in [3.8, 4) is 5.75 Å². The minimum atomic E-state index is -0.501. The molecule has 0 amide bonds. The van der Waals surface area contributed by atoms with Gasteiger partial charge in [0.25, 0.3) is 0 Å². The van der Waals surface area contributed by atoms with Crippen LogP contribution in [0.3, 0.4) is 0 Å². The molecule has 104 valence electrons. The van der Waals surface area contributed by atoms with E-state index in [0.29, 0.717) is 11.3 Å². The van der Waals surface area contributed by atoms with E-state index in [1.54, 1.807) is 6.07 Å². The SMILES string of the molecule is COc1cc(Nc2ccc(C(N)=S)cc2F)ccc1F. The summed E-state index contributed by atoms with van der Waals surface area (Å²) >= 11 is 4.77. The van der Waals surface area contributed by atoms with Crippen molar-refractivity contribution in [2.24, 2.45) is 5.73 Å². The highest BCUT2D eigenvalue weighted by Crippen LogP contribution is 2.26. The zero-order valence-electron chi connectivity index (χ0n) is 10.6. The summed E-state index contributed by atoms with van der Waals surface area (Å²) in [5, 5.41) is 2.83. The van der Waals surface area contributed by atoms with Gasteiger partial charge in [-0.15, -0.1) is 0 Å². The molecule has 2 aromatic carbocycles. The van der Waals surface area contributed by atoms with Gasteiger partial charge in [-0.05, 0) is 30.3 Å². The molecule has 0 saturated heterocycles. The van der Waals surface area contributed by atoms with Gasteiger partial charge in [-0.2, -0.15) is 0 Å². The molecule has 0 atom stereocenters. The maximum absolute atomic E-state index is 13.9. The largest absolute Gasteiger partial charge is 0.494 e. The molecule has 0 fully saturated rings. The maximum atomic E-state index is 13.9. The summed E-state index contributed by atoms with van der Waals surface area (Å²) < 4.78 is 32.0. The molecule has 0 aliphatic rings. The Morgan fingerprint density at radius 3 is 2.50 bits per heavy atom. The molecule has 6 heteroatoms. The topological polar surface area (TPSA) is 47.3 Å². The predicted octanol–water partition coefficient (Wildman–Crippen LogP) is 3.35. The lowest BCUT2D eigenvalue weighted by Gasteiger charge is -2.10. The molecule has 0 aliphatic carbocycles. The molecule has 0 unspecified atom stereocenters. The molecule has 2 rings (SSSR count). The number of anilines is 2. The lowest BCUT2D eigenvalue weighted by molar-refractivity contribution is 0.387. The average Bonchev–Trinajstić information content (AvgIpc) is 2.42. The van der Waals surface area contributed by atoms with Crippen molar-refractivity contribution >= 4 is 28.6 Å². The van der Waals surface area contributed by atoms with E-state index in [-0.39, 0.29) is 16.4 Å². The smallest absolute Gasteiger partial charge is 0.165 e. The first-order valence-electron chi connectivity index (χ1n) is 5.71. The van der Waals surface area contributed by atoms with Crippen LogP contribution in [0.1, 0.15) is 5.56 Å². The Bertz CT molecular complexity index is 662. The second kappa shape index (κ2) is 5.83. The van der Waals surface area contributed by atoms with Crippen LogP contribution in [0.4, 0.5) is 20.2 Å². The van der Waals surface area contributed by atoms with Crippen molar-refractivity contribution in [2.45, 2.75) is 0 Å². The maximum Gasteiger partial charge on any atom is 0.165 e. The molecule has 0 aliphatic heterocycles. The van der Waals surface area contributed by atoms with Crippen molar-refractivity contribution in [3.05, 3.63) is 53.6 Å². The first-order valence-corrected chi connectivity index (χ1v) is 6.12. The Labute approximate surface area is 120 Å². The summed E-state index contributed by atoms with van der Waals surface area (Å²) in [6.07, 6.45) is 0. The van der Waals surface area contributed by atoms with E-state index >= 15 is 0 Å². The Kier molecular flexibility index (Phi) is 4.14. The number of thiocarbonyl (C=S) groups is 1. The number of ether oxygens (including phenoxy) is 1. The molecule has 0 spiro atoms. The Morgan fingerprint density at radius 2 is 1.90 bits per heavy atom. The first-order chi connectivity index (χ1) is 9.51. The zero-order chi connectivity index (χ0) is 14.7. The summed E-state index contributed by atoms with van der Waals surface area (Å²) in [6.45, 7) is 0. The summed E-state index contributed by atoms with van der Waals surface area (Å²) in [5.41, 5.74) is 6.61. The van der Waals surface area contributed by atoms with E-state index in [1.165, 1.54) is 37.4 Å². The van der Waals surface area contributed by atoms with Gasteiger partial charge in [0.15, 0.2) is 11.6 Å². The van der Waals surface area contributed by atoms with Crippen LogP contribution < -0.4 is 15.8 Å². The first kappa shape index (κ1) is 14.2. The number of nitrogens with one attached hydrogen (secondary N) is 1. The van der Waals surface area contributed by atoms with Crippen molar-refractivity contribution in [2.75, 3.05) is 12.4 Å². The monoisotopic (exact) mass is 294 g/mol. The van der Waals surface area contributed by atoms with Crippen LogP contribution in [0.2, 0.25) is 0 Å². The van der Waals surface area contributed by atoms with Crippen molar-refractivity contribution in [1.82, 2.24) is 0 Å². The molecular formula is C14H12F2N2OS. The number of rotatable bonds is 4. The third kappa shape index (κ3) is 3.03. The van der Waals surface area contributed by atoms with Crippen molar-refractivity contribution in [1.29, 1.82) is 0 Å². The number of methoxy groups -OCH3 is 1. The summed E-state index contributed by atoms with van der Waals surface area (Å²) in [7, 11) is 1.36. The van der Waals surface area contributed by atoms with E-state index in [0.717, 1.165) is 0 Å². The van der Waals surface area contributed by atoms with Gasteiger partial charge in [-0.1, -0.05) is 12.2 Å². The third-order valence-electron chi connectivity index (χ3n) is 2.68. The lowest BCUT2D eigenvalue weighted by atomic mass is 10.2. The molecule has 0 aromatic heterocycles. The highest BCUT2D eigenvalue weighted by molar-refractivity contribution is 7.80. The van der Waals surface area contributed by atoms with Gasteiger partial charge in [0.05, 0.1) is 12.8 Å². The average molecular weight is 294 g/mol. The minimum Gasteiger partial charge on any atom is -0.494 e. The molecule has 0 bridgehead atoms. The van der Waals surface area contributed by atoms with Crippen LogP contribution in [-0.4, -0.2) is 12.1 Å². The van der Waals surface area contributed by atoms with Crippen LogP contribution in [0.5, 0.6) is 5.75 Å². The molecule has 0 heterocycles. The van der Waals surface area contributed by atoms with Gasteiger partial charge in [0.1, 0.15) is 10.8 Å². The fraction of sp³-hybridized carbons (Fsp3) is 0.0714. The van der Waals surface area contributed by atoms with Gasteiger partial charge in [-0.3, -0.25) is 0 Å². The molecule has 3 nitrogen and oxygen atoms in total. The quantitative estimate of drug-likeness (QED) is 0.849.